The van der Waals surface area contributed by atoms with Crippen LogP contribution in [-0.4, -0.2) is 36.9 Å². The summed E-state index contributed by atoms with van der Waals surface area (Å²) >= 11 is 0. The van der Waals surface area contributed by atoms with Crippen molar-refractivity contribution in [1.82, 2.24) is 0 Å². The van der Waals surface area contributed by atoms with Crippen molar-refractivity contribution in [3.05, 3.63) is 29.8 Å². The minimum absolute atomic E-state index is 0.112. The molecule has 1 heterocycles. The zero-order valence-electron chi connectivity index (χ0n) is 10.6. The van der Waals surface area contributed by atoms with Gasteiger partial charge in [0.2, 0.25) is 0 Å². The lowest BCUT2D eigenvalue weighted by molar-refractivity contribution is -0.143. The predicted molar refractivity (Wildman–Crippen MR) is 65.6 cm³/mol. The van der Waals surface area contributed by atoms with E-state index in [1.54, 1.807) is 11.0 Å². The Kier molecular flexibility index (Phi) is 4.17. The van der Waals surface area contributed by atoms with Crippen molar-refractivity contribution in [3.63, 3.8) is 0 Å². The summed E-state index contributed by atoms with van der Waals surface area (Å²) in [5, 5.41) is 8.52. The lowest BCUT2D eigenvalue weighted by Gasteiger charge is -2.23. The van der Waals surface area contributed by atoms with E-state index in [-0.39, 0.29) is 18.3 Å². The van der Waals surface area contributed by atoms with Gasteiger partial charge < -0.3 is 14.7 Å². The third kappa shape index (κ3) is 3.41. The molecule has 1 atom stereocenters. The molecule has 1 saturated heterocycles. The van der Waals surface area contributed by atoms with Crippen LogP contribution in [0.2, 0.25) is 0 Å². The van der Waals surface area contributed by atoms with Crippen molar-refractivity contribution in [1.29, 1.82) is 0 Å². The van der Waals surface area contributed by atoms with Crippen LogP contribution >= 0.6 is 0 Å². The van der Waals surface area contributed by atoms with Gasteiger partial charge in [-0.15, -0.1) is 0 Å². The van der Waals surface area contributed by atoms with Gasteiger partial charge in [-0.05, 0) is 18.6 Å². The Bertz CT molecular complexity index is 490. The summed E-state index contributed by atoms with van der Waals surface area (Å²) in [6.45, 7) is 0.247. The Morgan fingerprint density at radius 2 is 2.10 bits per heavy atom. The van der Waals surface area contributed by atoms with Crippen molar-refractivity contribution in [2.45, 2.75) is 18.7 Å². The molecule has 0 saturated carbocycles. The Balaban J connectivity index is 2.09. The zero-order valence-corrected chi connectivity index (χ0v) is 10.6. The van der Waals surface area contributed by atoms with Crippen LogP contribution in [0.5, 0.6) is 0 Å². The highest BCUT2D eigenvalue weighted by molar-refractivity contribution is 5.68. The third-order valence-electron chi connectivity index (χ3n) is 3.14. The summed E-state index contributed by atoms with van der Waals surface area (Å²) in [6, 6.07) is 5.36. The Hall–Kier alpha value is -1.76. The van der Waals surface area contributed by atoms with Gasteiger partial charge in [-0.2, -0.15) is 13.2 Å². The van der Waals surface area contributed by atoms with E-state index in [0.717, 1.165) is 6.07 Å². The quantitative estimate of drug-likeness (QED) is 0.924. The van der Waals surface area contributed by atoms with Gasteiger partial charge in [0.05, 0.1) is 11.7 Å². The number of ether oxygens (including phenoxy) is 1. The molecular formula is C13H14F3NO3. The van der Waals surface area contributed by atoms with Gasteiger partial charge in [-0.3, -0.25) is 0 Å². The molecule has 2 rings (SSSR count). The number of hydrogen-bond donors (Lipinski definition) is 1. The molecule has 7 heteroatoms. The summed E-state index contributed by atoms with van der Waals surface area (Å²) < 4.78 is 43.9. The number of benzene rings is 1. The summed E-state index contributed by atoms with van der Waals surface area (Å²) in [5.41, 5.74) is -0.569. The molecule has 0 amide bonds. The van der Waals surface area contributed by atoms with Crippen LogP contribution in [0.15, 0.2) is 24.3 Å². The molecule has 4 nitrogen and oxygen atoms in total. The standard InChI is InChI=1S/C13H14F3NO3/c14-13(15,16)10-3-1-2-4-11(10)17-6-5-9(7-17)20-8-12(18)19/h1-4,9H,5-8H2,(H,18,19). The van der Waals surface area contributed by atoms with Crippen LogP contribution in [0.25, 0.3) is 0 Å². The van der Waals surface area contributed by atoms with Gasteiger partial charge >= 0.3 is 12.1 Å². The fourth-order valence-corrected chi connectivity index (χ4v) is 2.26. The van der Waals surface area contributed by atoms with Crippen LogP contribution in [0.3, 0.4) is 0 Å². The van der Waals surface area contributed by atoms with Crippen molar-refractivity contribution < 1.29 is 27.8 Å². The fourth-order valence-electron chi connectivity index (χ4n) is 2.26. The highest BCUT2D eigenvalue weighted by Crippen LogP contribution is 2.37. The van der Waals surface area contributed by atoms with Crippen molar-refractivity contribution >= 4 is 11.7 Å². The maximum absolute atomic E-state index is 12.9. The van der Waals surface area contributed by atoms with Gasteiger partial charge in [0.1, 0.15) is 6.61 Å². The van der Waals surface area contributed by atoms with E-state index < -0.39 is 24.3 Å². The monoisotopic (exact) mass is 289 g/mol. The molecule has 1 aliphatic rings. The largest absolute Gasteiger partial charge is 0.480 e. The molecule has 1 N–H and O–H groups in total. The molecule has 0 radical (unpaired) electrons. The summed E-state index contributed by atoms with van der Waals surface area (Å²) in [6.07, 6.45) is -4.25. The highest BCUT2D eigenvalue weighted by Gasteiger charge is 2.36. The number of halogens is 3. The van der Waals surface area contributed by atoms with E-state index >= 15 is 0 Å². The minimum Gasteiger partial charge on any atom is -0.480 e. The molecule has 0 aliphatic carbocycles. The van der Waals surface area contributed by atoms with Crippen LogP contribution in [0.1, 0.15) is 12.0 Å². The average Bonchev–Trinajstić information content (AvgIpc) is 2.84. The third-order valence-corrected chi connectivity index (χ3v) is 3.14. The Labute approximate surface area is 113 Å². The Morgan fingerprint density at radius 1 is 1.40 bits per heavy atom. The molecule has 1 aromatic rings. The normalized spacial score (nSPS) is 19.4. The van der Waals surface area contributed by atoms with E-state index in [0.29, 0.717) is 13.0 Å². The first kappa shape index (κ1) is 14.6. The highest BCUT2D eigenvalue weighted by atomic mass is 19.4. The van der Waals surface area contributed by atoms with Gasteiger partial charge in [0.25, 0.3) is 0 Å². The van der Waals surface area contributed by atoms with E-state index in [4.69, 9.17) is 9.84 Å². The number of rotatable bonds is 4. The SMILES string of the molecule is O=C(O)COC1CCN(c2ccccc2C(F)(F)F)C1. The second-order valence-corrected chi connectivity index (χ2v) is 4.58. The lowest BCUT2D eigenvalue weighted by atomic mass is 10.1. The number of alkyl halides is 3. The average molecular weight is 289 g/mol. The number of anilines is 1. The molecule has 1 aliphatic heterocycles. The molecule has 20 heavy (non-hydrogen) atoms. The fraction of sp³-hybridized carbons (Fsp3) is 0.462. The number of hydrogen-bond acceptors (Lipinski definition) is 3. The van der Waals surface area contributed by atoms with Crippen molar-refractivity contribution in [3.8, 4) is 0 Å². The van der Waals surface area contributed by atoms with E-state index in [2.05, 4.69) is 0 Å². The predicted octanol–water partition coefficient (Wildman–Crippen LogP) is 2.39. The summed E-state index contributed by atoms with van der Waals surface area (Å²) in [5.74, 6) is -1.08. The molecule has 1 aromatic carbocycles. The molecule has 0 bridgehead atoms. The molecular weight excluding hydrogens is 275 g/mol. The number of aliphatic carboxylic acids is 1. The van der Waals surface area contributed by atoms with Gasteiger partial charge in [-0.25, -0.2) is 4.79 Å². The molecule has 0 aromatic heterocycles. The number of carbonyl (C=O) groups is 1. The molecule has 1 unspecified atom stereocenters. The van der Waals surface area contributed by atoms with E-state index in [1.807, 2.05) is 0 Å². The van der Waals surface area contributed by atoms with Crippen molar-refractivity contribution in [2.24, 2.45) is 0 Å². The van der Waals surface area contributed by atoms with Crippen LogP contribution in [-0.2, 0) is 15.7 Å². The number of carboxylic acid groups (broad SMARTS) is 1. The number of carboxylic acids is 1. The van der Waals surface area contributed by atoms with Crippen molar-refractivity contribution in [2.75, 3.05) is 24.6 Å². The maximum Gasteiger partial charge on any atom is 0.418 e. The topological polar surface area (TPSA) is 49.8 Å². The van der Waals surface area contributed by atoms with Crippen LogP contribution < -0.4 is 4.90 Å². The first-order valence-corrected chi connectivity index (χ1v) is 6.12. The zero-order chi connectivity index (χ0) is 14.8. The molecule has 110 valence electrons. The maximum atomic E-state index is 12.9. The van der Waals surface area contributed by atoms with Gasteiger partial charge in [0, 0.05) is 18.8 Å². The first-order chi connectivity index (χ1) is 9.38. The Morgan fingerprint density at radius 3 is 2.75 bits per heavy atom. The van der Waals surface area contributed by atoms with Crippen LogP contribution in [0, 0.1) is 0 Å². The van der Waals surface area contributed by atoms with Gasteiger partial charge in [-0.1, -0.05) is 12.1 Å². The summed E-state index contributed by atoms with van der Waals surface area (Å²) in [7, 11) is 0. The second-order valence-electron chi connectivity index (χ2n) is 4.58. The second kappa shape index (κ2) is 5.70. The lowest BCUT2D eigenvalue weighted by Crippen LogP contribution is -2.26. The smallest absolute Gasteiger partial charge is 0.418 e. The molecule has 0 spiro atoms. The van der Waals surface area contributed by atoms with Gasteiger partial charge in [0.15, 0.2) is 0 Å². The minimum atomic E-state index is -4.41. The number of para-hydroxylation sites is 1. The summed E-state index contributed by atoms with van der Waals surface area (Å²) in [4.78, 5) is 12.0. The molecule has 1 fully saturated rings. The van der Waals surface area contributed by atoms with E-state index in [9.17, 15) is 18.0 Å². The van der Waals surface area contributed by atoms with E-state index in [1.165, 1.54) is 12.1 Å². The van der Waals surface area contributed by atoms with Crippen LogP contribution in [0.4, 0.5) is 18.9 Å². The number of nitrogens with zero attached hydrogens (tertiary/aromatic N) is 1. The first-order valence-electron chi connectivity index (χ1n) is 6.12.